The molecule has 0 radical (unpaired) electrons. The van der Waals surface area contributed by atoms with Crippen molar-refractivity contribution in [1.29, 1.82) is 0 Å². The van der Waals surface area contributed by atoms with E-state index in [2.05, 4.69) is 5.32 Å². The lowest BCUT2D eigenvalue weighted by molar-refractivity contribution is -0.156. The van der Waals surface area contributed by atoms with Crippen LogP contribution in [0.25, 0.3) is 0 Å². The lowest BCUT2D eigenvalue weighted by Gasteiger charge is -2.31. The Balaban J connectivity index is 2.11. The first-order valence-electron chi connectivity index (χ1n) is 8.96. The number of fused-ring (bicyclic) bond motifs is 1. The van der Waals surface area contributed by atoms with Crippen molar-refractivity contribution in [2.45, 2.75) is 38.8 Å². The number of carbonyl (C=O) groups is 3. The van der Waals surface area contributed by atoms with Crippen molar-refractivity contribution in [3.05, 3.63) is 34.9 Å². The number of likely N-dealkylation sites (tertiary alicyclic amines) is 1. The fraction of sp³-hybridized carbons (Fsp3) is 0.526. The summed E-state index contributed by atoms with van der Waals surface area (Å²) in [6.07, 6.45) is 0.355. The number of benzene rings is 1. The summed E-state index contributed by atoms with van der Waals surface area (Å²) < 4.78 is 5.28. The van der Waals surface area contributed by atoms with Crippen LogP contribution in [-0.4, -0.2) is 41.4 Å². The van der Waals surface area contributed by atoms with E-state index in [1.54, 1.807) is 26.0 Å². The van der Waals surface area contributed by atoms with Gasteiger partial charge in [0.2, 0.25) is 11.8 Å². The van der Waals surface area contributed by atoms with Gasteiger partial charge < -0.3 is 4.74 Å². The monoisotopic (exact) mass is 378 g/mol. The molecule has 2 aliphatic heterocycles. The van der Waals surface area contributed by atoms with Crippen LogP contribution in [0.5, 0.6) is 0 Å². The molecule has 26 heavy (non-hydrogen) atoms. The van der Waals surface area contributed by atoms with Gasteiger partial charge in [-0.25, -0.2) is 0 Å². The van der Waals surface area contributed by atoms with E-state index in [1.807, 2.05) is 19.1 Å². The van der Waals surface area contributed by atoms with Gasteiger partial charge >= 0.3 is 5.97 Å². The predicted octanol–water partition coefficient (Wildman–Crippen LogP) is 2.32. The molecule has 1 aromatic rings. The number of ether oxygens (including phenoxy) is 1. The van der Waals surface area contributed by atoms with Gasteiger partial charge in [-0.15, -0.1) is 0 Å². The lowest BCUT2D eigenvalue weighted by atomic mass is 9.78. The number of hydrogen-bond acceptors (Lipinski definition) is 5. The highest BCUT2D eigenvalue weighted by atomic mass is 35.5. The van der Waals surface area contributed by atoms with E-state index in [9.17, 15) is 14.4 Å². The number of nitrogens with zero attached hydrogens (tertiary/aromatic N) is 1. The summed E-state index contributed by atoms with van der Waals surface area (Å²) in [6.45, 7) is 5.83. The second-order valence-corrected chi connectivity index (χ2v) is 7.08. The maximum Gasteiger partial charge on any atom is 0.327 e. The molecule has 2 amide bonds. The zero-order valence-corrected chi connectivity index (χ0v) is 15.9. The van der Waals surface area contributed by atoms with Crippen LogP contribution in [0.15, 0.2) is 24.3 Å². The van der Waals surface area contributed by atoms with Gasteiger partial charge in [0.25, 0.3) is 0 Å². The Morgan fingerprint density at radius 1 is 1.19 bits per heavy atom. The average molecular weight is 379 g/mol. The third-order valence-corrected chi connectivity index (χ3v) is 5.74. The van der Waals surface area contributed by atoms with Crippen molar-refractivity contribution in [2.75, 3.05) is 13.2 Å². The number of halogens is 1. The zero-order chi connectivity index (χ0) is 19.1. The van der Waals surface area contributed by atoms with Crippen molar-refractivity contribution in [1.82, 2.24) is 10.2 Å². The van der Waals surface area contributed by atoms with Crippen LogP contribution in [-0.2, 0) is 19.1 Å². The summed E-state index contributed by atoms with van der Waals surface area (Å²) >= 11 is 5.98. The van der Waals surface area contributed by atoms with Gasteiger partial charge in [-0.3, -0.25) is 24.6 Å². The number of imide groups is 1. The molecule has 0 bridgehead atoms. The highest BCUT2D eigenvalue weighted by Crippen LogP contribution is 2.50. The Morgan fingerprint density at radius 2 is 1.85 bits per heavy atom. The largest absolute Gasteiger partial charge is 0.465 e. The van der Waals surface area contributed by atoms with Crippen molar-refractivity contribution >= 4 is 29.4 Å². The Hall–Kier alpha value is -1.92. The van der Waals surface area contributed by atoms with Crippen LogP contribution in [0.2, 0.25) is 5.02 Å². The molecule has 1 N–H and O–H groups in total. The van der Waals surface area contributed by atoms with E-state index in [0.29, 0.717) is 18.0 Å². The van der Waals surface area contributed by atoms with E-state index in [0.717, 1.165) is 5.56 Å². The summed E-state index contributed by atoms with van der Waals surface area (Å²) in [5.74, 6) is -2.42. The molecule has 0 aliphatic carbocycles. The minimum absolute atomic E-state index is 0.213. The highest BCUT2D eigenvalue weighted by Gasteiger charge is 2.67. The number of hydrogen-bond donors (Lipinski definition) is 1. The van der Waals surface area contributed by atoms with Crippen molar-refractivity contribution < 1.29 is 19.1 Å². The number of esters is 1. The van der Waals surface area contributed by atoms with Crippen molar-refractivity contribution in [3.8, 4) is 0 Å². The Morgan fingerprint density at radius 3 is 2.38 bits per heavy atom. The van der Waals surface area contributed by atoms with Crippen LogP contribution < -0.4 is 5.32 Å². The molecule has 3 rings (SSSR count). The lowest BCUT2D eigenvalue weighted by Crippen LogP contribution is -2.56. The Labute approximate surface area is 157 Å². The summed E-state index contributed by atoms with van der Waals surface area (Å²) in [4.78, 5) is 40.0. The maximum atomic E-state index is 13.0. The van der Waals surface area contributed by atoms with Gasteiger partial charge in [0.05, 0.1) is 18.4 Å². The summed E-state index contributed by atoms with van der Waals surface area (Å²) in [7, 11) is 0. The van der Waals surface area contributed by atoms with Crippen LogP contribution in [0, 0.1) is 11.8 Å². The number of carbonyl (C=O) groups excluding carboxylic acids is 3. The predicted molar refractivity (Wildman–Crippen MR) is 96.4 cm³/mol. The molecule has 140 valence electrons. The third kappa shape index (κ3) is 2.63. The molecule has 1 aromatic carbocycles. The zero-order valence-electron chi connectivity index (χ0n) is 15.1. The first-order valence-corrected chi connectivity index (χ1v) is 9.34. The number of amides is 2. The molecule has 0 spiro atoms. The molecule has 7 heteroatoms. The molecule has 2 heterocycles. The number of nitrogens with one attached hydrogen (secondary N) is 1. The number of rotatable bonds is 5. The fourth-order valence-electron chi connectivity index (χ4n) is 4.25. The van der Waals surface area contributed by atoms with Crippen LogP contribution in [0.1, 0.15) is 38.8 Å². The molecular weight excluding hydrogens is 356 g/mol. The maximum absolute atomic E-state index is 13.0. The van der Waals surface area contributed by atoms with Crippen LogP contribution >= 0.6 is 11.6 Å². The highest BCUT2D eigenvalue weighted by molar-refractivity contribution is 6.30. The molecule has 0 saturated carbocycles. The summed E-state index contributed by atoms with van der Waals surface area (Å²) in [6, 6.07) is 6.67. The van der Waals surface area contributed by atoms with Crippen molar-refractivity contribution in [3.63, 3.8) is 0 Å². The Kier molecular flexibility index (Phi) is 5.08. The average Bonchev–Trinajstić information content (AvgIpc) is 3.11. The van der Waals surface area contributed by atoms with Gasteiger partial charge in [0.15, 0.2) is 0 Å². The first-order chi connectivity index (χ1) is 12.4. The Bertz CT molecular complexity index is 736. The second-order valence-electron chi connectivity index (χ2n) is 6.64. The second kappa shape index (κ2) is 7.00. The van der Waals surface area contributed by atoms with Crippen LogP contribution in [0.4, 0.5) is 0 Å². The summed E-state index contributed by atoms with van der Waals surface area (Å²) in [5, 5.41) is 3.88. The standard InChI is InChI=1S/C19H23ClN2O4/c1-4-19(18(25)26-6-3)14-13(16(23)22(5-2)17(14)24)15(21-19)11-7-9-12(20)10-8-11/h7-10,13-15,21H,4-6H2,1-3H3/t13-,14+,15-,19-/m0/s1. The van der Waals surface area contributed by atoms with Gasteiger partial charge in [-0.05, 0) is 38.0 Å². The first kappa shape index (κ1) is 18.9. The molecule has 2 saturated heterocycles. The SMILES string of the molecule is CCOC(=O)[C@@]1(CC)N[C@@H](c2ccc(Cl)cc2)[C@H]2C(=O)N(CC)C(=O)[C@@H]21. The van der Waals surface area contributed by atoms with Gasteiger partial charge in [-0.1, -0.05) is 30.7 Å². The molecule has 6 nitrogen and oxygen atoms in total. The van der Waals surface area contributed by atoms with E-state index in [1.165, 1.54) is 4.90 Å². The van der Waals surface area contributed by atoms with E-state index in [-0.39, 0.29) is 18.4 Å². The molecular formula is C19H23ClN2O4. The topological polar surface area (TPSA) is 75.7 Å². The molecule has 0 aromatic heterocycles. The molecule has 0 unspecified atom stereocenters. The van der Waals surface area contributed by atoms with E-state index < -0.39 is 29.4 Å². The molecule has 2 fully saturated rings. The van der Waals surface area contributed by atoms with E-state index >= 15 is 0 Å². The minimum Gasteiger partial charge on any atom is -0.465 e. The third-order valence-electron chi connectivity index (χ3n) is 5.49. The van der Waals surface area contributed by atoms with Crippen molar-refractivity contribution in [2.24, 2.45) is 11.8 Å². The normalized spacial score (nSPS) is 30.6. The van der Waals surface area contributed by atoms with E-state index in [4.69, 9.17) is 16.3 Å². The molecule has 2 aliphatic rings. The van der Waals surface area contributed by atoms with Gasteiger partial charge in [0.1, 0.15) is 5.54 Å². The molecule has 4 atom stereocenters. The fourth-order valence-corrected chi connectivity index (χ4v) is 4.37. The van der Waals surface area contributed by atoms with Gasteiger partial charge in [-0.2, -0.15) is 0 Å². The van der Waals surface area contributed by atoms with Gasteiger partial charge in [0, 0.05) is 17.6 Å². The van der Waals surface area contributed by atoms with Crippen LogP contribution in [0.3, 0.4) is 0 Å². The summed E-state index contributed by atoms with van der Waals surface area (Å²) in [5.41, 5.74) is -0.384. The minimum atomic E-state index is -1.21. The smallest absolute Gasteiger partial charge is 0.327 e. The quantitative estimate of drug-likeness (QED) is 0.628.